The van der Waals surface area contributed by atoms with E-state index in [1.165, 1.54) is 16.7 Å². The molecule has 0 spiro atoms. The van der Waals surface area contributed by atoms with E-state index >= 15 is 0 Å². The summed E-state index contributed by atoms with van der Waals surface area (Å²) in [5.74, 6) is -0.394. The van der Waals surface area contributed by atoms with E-state index < -0.39 is 5.91 Å². The summed E-state index contributed by atoms with van der Waals surface area (Å²) in [5.41, 5.74) is 11.8. The molecule has 3 N–H and O–H groups in total. The van der Waals surface area contributed by atoms with Crippen molar-refractivity contribution in [3.63, 3.8) is 0 Å². The number of primary amides is 1. The molecule has 1 amide bonds. The van der Waals surface area contributed by atoms with Crippen molar-refractivity contribution in [1.29, 1.82) is 0 Å². The van der Waals surface area contributed by atoms with Crippen molar-refractivity contribution >= 4 is 11.6 Å². The highest BCUT2D eigenvalue weighted by atomic mass is 16.1. The minimum atomic E-state index is -0.394. The lowest BCUT2D eigenvalue weighted by molar-refractivity contribution is 0.1000. The highest BCUT2D eigenvalue weighted by Gasteiger charge is 2.05. The number of nitrogens with two attached hydrogens (primary N) is 1. The second-order valence-corrected chi connectivity index (χ2v) is 5.19. The van der Waals surface area contributed by atoms with Crippen molar-refractivity contribution in [2.24, 2.45) is 5.73 Å². The number of anilines is 1. The highest BCUT2D eigenvalue weighted by Crippen LogP contribution is 2.22. The van der Waals surface area contributed by atoms with Crippen LogP contribution in [0.15, 0.2) is 36.4 Å². The van der Waals surface area contributed by atoms with Crippen LogP contribution < -0.4 is 11.1 Å². The zero-order chi connectivity index (χ0) is 14.7. The molecular weight excluding hydrogens is 248 g/mol. The van der Waals surface area contributed by atoms with Crippen LogP contribution in [0.5, 0.6) is 0 Å². The molecule has 0 bridgehead atoms. The molecule has 3 nitrogen and oxygen atoms in total. The van der Waals surface area contributed by atoms with Gasteiger partial charge in [0.05, 0.1) is 0 Å². The Morgan fingerprint density at radius 3 is 2.35 bits per heavy atom. The van der Waals surface area contributed by atoms with Crippen molar-refractivity contribution in [2.45, 2.75) is 27.3 Å². The van der Waals surface area contributed by atoms with Crippen molar-refractivity contribution in [2.75, 3.05) is 5.32 Å². The molecule has 0 unspecified atom stereocenters. The molecule has 3 heteroatoms. The van der Waals surface area contributed by atoms with E-state index in [2.05, 4.69) is 38.2 Å². The SMILES string of the molecule is Cc1cc(C)c(NCc2cccc(C(N)=O)c2)c(C)c1. The van der Waals surface area contributed by atoms with Crippen molar-refractivity contribution in [3.8, 4) is 0 Å². The third-order valence-corrected chi connectivity index (χ3v) is 3.36. The second kappa shape index (κ2) is 5.78. The number of aryl methyl sites for hydroxylation is 3. The second-order valence-electron chi connectivity index (χ2n) is 5.19. The quantitative estimate of drug-likeness (QED) is 0.893. The first-order valence-electron chi connectivity index (χ1n) is 6.68. The first-order valence-corrected chi connectivity index (χ1v) is 6.68. The molecular formula is C17H20N2O. The molecule has 2 rings (SSSR count). The van der Waals surface area contributed by atoms with E-state index in [1.54, 1.807) is 6.07 Å². The van der Waals surface area contributed by atoms with Crippen molar-refractivity contribution in [1.82, 2.24) is 0 Å². The van der Waals surface area contributed by atoms with Gasteiger partial charge in [-0.3, -0.25) is 4.79 Å². The van der Waals surface area contributed by atoms with Crippen LogP contribution in [0.2, 0.25) is 0 Å². The van der Waals surface area contributed by atoms with Crippen LogP contribution in [0.1, 0.15) is 32.6 Å². The summed E-state index contributed by atoms with van der Waals surface area (Å²) < 4.78 is 0. The van der Waals surface area contributed by atoms with Gasteiger partial charge in [0.1, 0.15) is 0 Å². The molecule has 0 radical (unpaired) electrons. The van der Waals surface area contributed by atoms with Crippen LogP contribution >= 0.6 is 0 Å². The van der Waals surface area contributed by atoms with E-state index in [4.69, 9.17) is 5.73 Å². The van der Waals surface area contributed by atoms with E-state index in [0.717, 1.165) is 11.3 Å². The molecule has 0 aliphatic heterocycles. The fourth-order valence-electron chi connectivity index (χ4n) is 2.48. The number of hydrogen-bond acceptors (Lipinski definition) is 2. The van der Waals surface area contributed by atoms with E-state index in [1.807, 2.05) is 18.2 Å². The van der Waals surface area contributed by atoms with Crippen LogP contribution in [0.25, 0.3) is 0 Å². The fourth-order valence-corrected chi connectivity index (χ4v) is 2.48. The number of carbonyl (C=O) groups is 1. The van der Waals surface area contributed by atoms with Crippen LogP contribution in [-0.4, -0.2) is 5.91 Å². The molecule has 2 aromatic rings. The number of amides is 1. The lowest BCUT2D eigenvalue weighted by Gasteiger charge is -2.14. The van der Waals surface area contributed by atoms with E-state index in [0.29, 0.717) is 12.1 Å². The number of hydrogen-bond donors (Lipinski definition) is 2. The zero-order valence-corrected chi connectivity index (χ0v) is 12.2. The van der Waals surface area contributed by atoms with Gasteiger partial charge in [-0.25, -0.2) is 0 Å². The first-order chi connectivity index (χ1) is 9.47. The number of nitrogens with one attached hydrogen (secondary N) is 1. The normalized spacial score (nSPS) is 10.3. The minimum absolute atomic E-state index is 0.394. The average Bonchev–Trinajstić information content (AvgIpc) is 2.37. The predicted octanol–water partition coefficient (Wildman–Crippen LogP) is 3.32. The van der Waals surface area contributed by atoms with Gasteiger partial charge in [-0.05, 0) is 49.6 Å². The van der Waals surface area contributed by atoms with Gasteiger partial charge >= 0.3 is 0 Å². The Hall–Kier alpha value is -2.29. The molecule has 0 aliphatic carbocycles. The first kappa shape index (κ1) is 14.1. The van der Waals surface area contributed by atoms with E-state index in [9.17, 15) is 4.79 Å². The molecule has 2 aromatic carbocycles. The maximum absolute atomic E-state index is 11.2. The van der Waals surface area contributed by atoms with Crippen LogP contribution in [0.3, 0.4) is 0 Å². The summed E-state index contributed by atoms with van der Waals surface area (Å²) in [5, 5.41) is 3.44. The molecule has 0 aromatic heterocycles. The Morgan fingerprint density at radius 2 is 1.75 bits per heavy atom. The predicted molar refractivity (Wildman–Crippen MR) is 82.9 cm³/mol. The summed E-state index contributed by atoms with van der Waals surface area (Å²) >= 11 is 0. The van der Waals surface area contributed by atoms with Crippen LogP contribution in [0.4, 0.5) is 5.69 Å². The summed E-state index contributed by atoms with van der Waals surface area (Å²) in [6.45, 7) is 6.97. The highest BCUT2D eigenvalue weighted by molar-refractivity contribution is 5.92. The Bertz CT molecular complexity index is 624. The van der Waals surface area contributed by atoms with Crippen LogP contribution in [0, 0.1) is 20.8 Å². The maximum Gasteiger partial charge on any atom is 0.248 e. The number of carbonyl (C=O) groups excluding carboxylic acids is 1. The monoisotopic (exact) mass is 268 g/mol. The van der Waals surface area contributed by atoms with Gasteiger partial charge in [0.2, 0.25) is 5.91 Å². The number of benzene rings is 2. The lowest BCUT2D eigenvalue weighted by Crippen LogP contribution is -2.11. The van der Waals surface area contributed by atoms with Gasteiger partial charge < -0.3 is 11.1 Å². The largest absolute Gasteiger partial charge is 0.381 e. The Kier molecular flexibility index (Phi) is 4.08. The van der Waals surface area contributed by atoms with Crippen molar-refractivity contribution < 1.29 is 4.79 Å². The zero-order valence-electron chi connectivity index (χ0n) is 12.2. The summed E-state index contributed by atoms with van der Waals surface area (Å²) in [4.78, 5) is 11.2. The van der Waals surface area contributed by atoms with Gasteiger partial charge in [-0.2, -0.15) is 0 Å². The fraction of sp³-hybridized carbons (Fsp3) is 0.235. The minimum Gasteiger partial charge on any atom is -0.381 e. The Morgan fingerprint density at radius 1 is 1.10 bits per heavy atom. The van der Waals surface area contributed by atoms with Crippen molar-refractivity contribution in [3.05, 3.63) is 64.2 Å². The molecule has 0 saturated heterocycles. The topological polar surface area (TPSA) is 55.1 Å². The number of rotatable bonds is 4. The lowest BCUT2D eigenvalue weighted by atomic mass is 10.0. The summed E-state index contributed by atoms with van der Waals surface area (Å²) in [7, 11) is 0. The molecule has 0 heterocycles. The third kappa shape index (κ3) is 3.18. The maximum atomic E-state index is 11.2. The smallest absolute Gasteiger partial charge is 0.248 e. The van der Waals surface area contributed by atoms with Gasteiger partial charge in [-0.1, -0.05) is 29.8 Å². The molecule has 0 atom stereocenters. The standard InChI is InChI=1S/C17H20N2O/c1-11-7-12(2)16(13(3)8-11)19-10-14-5-4-6-15(9-14)17(18)20/h4-9,19H,10H2,1-3H3,(H2,18,20). The molecule has 0 aliphatic rings. The molecule has 0 saturated carbocycles. The molecule has 104 valence electrons. The van der Waals surface area contributed by atoms with Gasteiger partial charge in [0, 0.05) is 17.8 Å². The molecule has 20 heavy (non-hydrogen) atoms. The summed E-state index contributed by atoms with van der Waals surface area (Å²) in [6, 6.07) is 11.7. The van der Waals surface area contributed by atoms with E-state index in [-0.39, 0.29) is 0 Å². The Balaban J connectivity index is 2.17. The van der Waals surface area contributed by atoms with Gasteiger partial charge in [0.15, 0.2) is 0 Å². The molecule has 0 fully saturated rings. The van der Waals surface area contributed by atoms with Crippen LogP contribution in [-0.2, 0) is 6.54 Å². The van der Waals surface area contributed by atoms with Gasteiger partial charge in [-0.15, -0.1) is 0 Å². The average molecular weight is 268 g/mol. The summed E-state index contributed by atoms with van der Waals surface area (Å²) in [6.07, 6.45) is 0. The third-order valence-electron chi connectivity index (χ3n) is 3.36. The van der Waals surface area contributed by atoms with Gasteiger partial charge in [0.25, 0.3) is 0 Å². The Labute approximate surface area is 119 Å².